The molecule has 0 radical (unpaired) electrons. The maximum Gasteiger partial charge on any atom is 0.253 e. The number of benzene rings is 1. The molecule has 3 nitrogen and oxygen atoms in total. The van der Waals surface area contributed by atoms with Gasteiger partial charge in [0.2, 0.25) is 0 Å². The van der Waals surface area contributed by atoms with Gasteiger partial charge in [0.25, 0.3) is 5.91 Å². The standard InChI is InChI=1S/C16H24N2O/c1-3-12-8-10-13(11-9-12)18-16(19)14-6-4-5-7-15(14)17-2/h4-7,12-13,17H,3,8-11H2,1-2H3,(H,18,19). The first-order chi connectivity index (χ1) is 9.24. The predicted molar refractivity (Wildman–Crippen MR) is 79.5 cm³/mol. The molecule has 0 unspecified atom stereocenters. The summed E-state index contributed by atoms with van der Waals surface area (Å²) in [5, 5.41) is 6.24. The summed E-state index contributed by atoms with van der Waals surface area (Å²) in [6.07, 6.45) is 5.99. The van der Waals surface area contributed by atoms with Crippen LogP contribution < -0.4 is 10.6 Å². The van der Waals surface area contributed by atoms with Gasteiger partial charge in [0.1, 0.15) is 0 Å². The average Bonchev–Trinajstić information content (AvgIpc) is 2.48. The van der Waals surface area contributed by atoms with E-state index in [1.165, 1.54) is 19.3 Å². The van der Waals surface area contributed by atoms with E-state index in [4.69, 9.17) is 0 Å². The van der Waals surface area contributed by atoms with E-state index in [2.05, 4.69) is 17.6 Å². The highest BCUT2D eigenvalue weighted by molar-refractivity contribution is 5.99. The molecule has 1 aliphatic rings. The quantitative estimate of drug-likeness (QED) is 0.871. The number of anilines is 1. The second-order valence-electron chi connectivity index (χ2n) is 5.39. The van der Waals surface area contributed by atoms with Crippen molar-refractivity contribution in [2.45, 2.75) is 45.1 Å². The first-order valence-corrected chi connectivity index (χ1v) is 7.32. The molecule has 0 aliphatic heterocycles. The Bertz CT molecular complexity index is 423. The molecule has 2 N–H and O–H groups in total. The van der Waals surface area contributed by atoms with Crippen LogP contribution in [0, 0.1) is 5.92 Å². The van der Waals surface area contributed by atoms with Crippen LogP contribution in [0.1, 0.15) is 49.4 Å². The maximum atomic E-state index is 12.3. The van der Waals surface area contributed by atoms with Crippen molar-refractivity contribution >= 4 is 11.6 Å². The first-order valence-electron chi connectivity index (χ1n) is 7.32. The van der Waals surface area contributed by atoms with Crippen molar-refractivity contribution in [1.82, 2.24) is 5.32 Å². The monoisotopic (exact) mass is 260 g/mol. The fourth-order valence-corrected chi connectivity index (χ4v) is 2.88. The number of carbonyl (C=O) groups excluding carboxylic acids is 1. The van der Waals surface area contributed by atoms with Crippen molar-refractivity contribution in [3.8, 4) is 0 Å². The van der Waals surface area contributed by atoms with Gasteiger partial charge in [-0.2, -0.15) is 0 Å². The largest absolute Gasteiger partial charge is 0.387 e. The topological polar surface area (TPSA) is 41.1 Å². The summed E-state index contributed by atoms with van der Waals surface area (Å²) in [5.41, 5.74) is 1.63. The second kappa shape index (κ2) is 6.60. The Morgan fingerprint density at radius 3 is 2.53 bits per heavy atom. The molecule has 1 amide bonds. The molecule has 1 saturated carbocycles. The number of hydrogen-bond acceptors (Lipinski definition) is 2. The third-order valence-electron chi connectivity index (χ3n) is 4.20. The number of amides is 1. The van der Waals surface area contributed by atoms with Gasteiger partial charge in [-0.25, -0.2) is 0 Å². The lowest BCUT2D eigenvalue weighted by atomic mass is 9.84. The normalized spacial score (nSPS) is 22.8. The number of nitrogens with one attached hydrogen (secondary N) is 2. The molecule has 1 aromatic carbocycles. The van der Waals surface area contributed by atoms with E-state index < -0.39 is 0 Å². The Morgan fingerprint density at radius 2 is 1.89 bits per heavy atom. The highest BCUT2D eigenvalue weighted by Crippen LogP contribution is 2.26. The molecule has 19 heavy (non-hydrogen) atoms. The van der Waals surface area contributed by atoms with Crippen LogP contribution >= 0.6 is 0 Å². The van der Waals surface area contributed by atoms with Gasteiger partial charge in [-0.3, -0.25) is 4.79 Å². The van der Waals surface area contributed by atoms with Crippen molar-refractivity contribution in [3.63, 3.8) is 0 Å². The molecule has 1 aromatic rings. The van der Waals surface area contributed by atoms with Crippen LogP contribution in [-0.4, -0.2) is 19.0 Å². The predicted octanol–water partition coefficient (Wildman–Crippen LogP) is 3.43. The highest BCUT2D eigenvalue weighted by atomic mass is 16.1. The van der Waals surface area contributed by atoms with Crippen LogP contribution in [-0.2, 0) is 0 Å². The summed E-state index contributed by atoms with van der Waals surface area (Å²) in [6, 6.07) is 8.00. The molecule has 3 heteroatoms. The number of hydrogen-bond donors (Lipinski definition) is 2. The van der Waals surface area contributed by atoms with Crippen molar-refractivity contribution in [2.24, 2.45) is 5.92 Å². The van der Waals surface area contributed by atoms with Gasteiger partial charge in [-0.05, 0) is 43.7 Å². The van der Waals surface area contributed by atoms with Gasteiger partial charge in [-0.15, -0.1) is 0 Å². The second-order valence-corrected chi connectivity index (χ2v) is 5.39. The summed E-state index contributed by atoms with van der Waals surface area (Å²) in [6.45, 7) is 2.26. The van der Waals surface area contributed by atoms with Crippen LogP contribution in [0.3, 0.4) is 0 Å². The molecular formula is C16H24N2O. The van der Waals surface area contributed by atoms with Crippen molar-refractivity contribution < 1.29 is 4.79 Å². The summed E-state index contributed by atoms with van der Waals surface area (Å²) < 4.78 is 0. The zero-order valence-electron chi connectivity index (χ0n) is 11.9. The lowest BCUT2D eigenvalue weighted by Gasteiger charge is -2.28. The molecule has 1 fully saturated rings. The summed E-state index contributed by atoms with van der Waals surface area (Å²) >= 11 is 0. The van der Waals surface area contributed by atoms with Gasteiger partial charge in [0.05, 0.1) is 5.56 Å². The third-order valence-corrected chi connectivity index (χ3v) is 4.20. The van der Waals surface area contributed by atoms with Crippen LogP contribution in [0.2, 0.25) is 0 Å². The molecule has 0 aromatic heterocycles. The Labute approximate surface area is 115 Å². The lowest BCUT2D eigenvalue weighted by Crippen LogP contribution is -2.37. The van der Waals surface area contributed by atoms with Crippen molar-refractivity contribution in [1.29, 1.82) is 0 Å². The van der Waals surface area contributed by atoms with E-state index in [0.717, 1.165) is 30.0 Å². The fourth-order valence-electron chi connectivity index (χ4n) is 2.88. The smallest absolute Gasteiger partial charge is 0.253 e. The van der Waals surface area contributed by atoms with E-state index >= 15 is 0 Å². The lowest BCUT2D eigenvalue weighted by molar-refractivity contribution is 0.0922. The SMILES string of the molecule is CCC1CCC(NC(=O)c2ccccc2NC)CC1. The van der Waals surface area contributed by atoms with Crippen LogP contribution in [0.5, 0.6) is 0 Å². The average molecular weight is 260 g/mol. The van der Waals surface area contributed by atoms with Crippen LogP contribution in [0.25, 0.3) is 0 Å². The van der Waals surface area contributed by atoms with E-state index in [1.54, 1.807) is 0 Å². The van der Waals surface area contributed by atoms with Crippen molar-refractivity contribution in [3.05, 3.63) is 29.8 Å². The molecule has 0 heterocycles. The maximum absolute atomic E-state index is 12.3. The summed E-state index contributed by atoms with van der Waals surface area (Å²) in [4.78, 5) is 12.3. The summed E-state index contributed by atoms with van der Waals surface area (Å²) in [7, 11) is 1.85. The number of carbonyl (C=O) groups is 1. The Kier molecular flexibility index (Phi) is 4.83. The van der Waals surface area contributed by atoms with E-state index in [0.29, 0.717) is 6.04 Å². The van der Waals surface area contributed by atoms with Gasteiger partial charge < -0.3 is 10.6 Å². The first kappa shape index (κ1) is 13.9. The molecule has 0 spiro atoms. The molecule has 104 valence electrons. The number of para-hydroxylation sites is 1. The van der Waals surface area contributed by atoms with Crippen molar-refractivity contribution in [2.75, 3.05) is 12.4 Å². The van der Waals surface area contributed by atoms with Gasteiger partial charge in [-0.1, -0.05) is 25.5 Å². The highest BCUT2D eigenvalue weighted by Gasteiger charge is 2.22. The minimum atomic E-state index is 0.0462. The van der Waals surface area contributed by atoms with Gasteiger partial charge >= 0.3 is 0 Å². The Balaban J connectivity index is 1.94. The third kappa shape index (κ3) is 3.49. The summed E-state index contributed by atoms with van der Waals surface area (Å²) in [5.74, 6) is 0.905. The fraction of sp³-hybridized carbons (Fsp3) is 0.562. The van der Waals surface area contributed by atoms with Crippen LogP contribution in [0.15, 0.2) is 24.3 Å². The van der Waals surface area contributed by atoms with Gasteiger partial charge in [0, 0.05) is 18.8 Å². The zero-order chi connectivity index (χ0) is 13.7. The van der Waals surface area contributed by atoms with E-state index in [-0.39, 0.29) is 5.91 Å². The molecular weight excluding hydrogens is 236 g/mol. The molecule has 0 bridgehead atoms. The minimum absolute atomic E-state index is 0.0462. The Hall–Kier alpha value is -1.51. The minimum Gasteiger partial charge on any atom is -0.387 e. The Morgan fingerprint density at radius 1 is 1.21 bits per heavy atom. The molecule has 2 rings (SSSR count). The molecule has 0 saturated heterocycles. The van der Waals surface area contributed by atoms with E-state index in [1.807, 2.05) is 31.3 Å². The van der Waals surface area contributed by atoms with Gasteiger partial charge in [0.15, 0.2) is 0 Å². The number of rotatable bonds is 4. The molecule has 0 atom stereocenters. The van der Waals surface area contributed by atoms with Crippen LogP contribution in [0.4, 0.5) is 5.69 Å². The molecule has 1 aliphatic carbocycles. The zero-order valence-corrected chi connectivity index (χ0v) is 11.9. The van der Waals surface area contributed by atoms with E-state index in [9.17, 15) is 4.79 Å².